The Hall–Kier alpha value is -0.970. The maximum Gasteiger partial charge on any atom is 0.350 e. The van der Waals surface area contributed by atoms with Crippen molar-refractivity contribution in [2.45, 2.75) is 0 Å². The molecule has 1 aromatic heterocycles. The normalized spacial score (nSPS) is 10.7. The van der Waals surface area contributed by atoms with E-state index in [4.69, 9.17) is 28.9 Å². The summed E-state index contributed by atoms with van der Waals surface area (Å²) >= 11 is 13.1. The molecule has 0 bridgehead atoms. The molecule has 0 aliphatic carbocycles. The molecule has 0 spiro atoms. The molecule has 0 unspecified atom stereocenters. The number of nitrogens with two attached hydrogens (primary N) is 1. The first-order chi connectivity index (χ1) is 7.54. The Labute approximate surface area is 106 Å². The van der Waals surface area contributed by atoms with Crippen molar-refractivity contribution in [1.29, 1.82) is 0 Å². The van der Waals surface area contributed by atoms with Crippen LogP contribution in [0.1, 0.15) is 9.67 Å². The molecule has 0 aliphatic heterocycles. The molecule has 2 N–H and O–H groups in total. The molecule has 0 atom stereocenters. The molecule has 0 aliphatic rings. The first-order valence-electron chi connectivity index (χ1n) is 4.30. The topological polar surface area (TPSA) is 52.3 Å². The molecule has 0 saturated heterocycles. The smallest absolute Gasteiger partial charge is 0.350 e. The van der Waals surface area contributed by atoms with Gasteiger partial charge in [-0.15, -0.1) is 11.3 Å². The Balaban J connectivity index is 2.78. The van der Waals surface area contributed by atoms with E-state index < -0.39 is 5.97 Å². The Kier molecular flexibility index (Phi) is 2.97. The summed E-state index contributed by atoms with van der Waals surface area (Å²) in [4.78, 5) is 11.8. The predicted octanol–water partition coefficient (Wildman–Crippen LogP) is 3.58. The monoisotopic (exact) mass is 275 g/mol. The van der Waals surface area contributed by atoms with Crippen LogP contribution in [-0.2, 0) is 4.74 Å². The van der Waals surface area contributed by atoms with Gasteiger partial charge >= 0.3 is 5.97 Å². The van der Waals surface area contributed by atoms with Gasteiger partial charge in [-0.3, -0.25) is 0 Å². The summed E-state index contributed by atoms with van der Waals surface area (Å²) in [7, 11) is 1.31. The predicted molar refractivity (Wildman–Crippen MR) is 67.6 cm³/mol. The number of ether oxygens (including phenoxy) is 1. The third kappa shape index (κ3) is 1.73. The molecule has 16 heavy (non-hydrogen) atoms. The van der Waals surface area contributed by atoms with E-state index >= 15 is 0 Å². The highest BCUT2D eigenvalue weighted by atomic mass is 35.5. The van der Waals surface area contributed by atoms with Crippen molar-refractivity contribution in [3.8, 4) is 0 Å². The number of methoxy groups -OCH3 is 1. The number of thiophene rings is 1. The maximum absolute atomic E-state index is 11.4. The number of fused-ring (bicyclic) bond motifs is 1. The molecule has 3 nitrogen and oxygen atoms in total. The van der Waals surface area contributed by atoms with Gasteiger partial charge in [0.15, 0.2) is 0 Å². The minimum atomic E-state index is -0.467. The molecule has 1 aromatic carbocycles. The number of benzene rings is 1. The van der Waals surface area contributed by atoms with Gasteiger partial charge in [0.1, 0.15) is 4.88 Å². The molecule has 0 amide bonds. The van der Waals surface area contributed by atoms with Gasteiger partial charge in [-0.25, -0.2) is 4.79 Å². The third-order valence-electron chi connectivity index (χ3n) is 2.12. The minimum Gasteiger partial charge on any atom is -0.465 e. The number of halogens is 2. The number of nitrogen functional groups attached to an aromatic ring is 1. The van der Waals surface area contributed by atoms with Crippen molar-refractivity contribution in [3.63, 3.8) is 0 Å². The fourth-order valence-electron chi connectivity index (χ4n) is 1.41. The van der Waals surface area contributed by atoms with E-state index in [1.807, 2.05) is 0 Å². The van der Waals surface area contributed by atoms with Crippen LogP contribution in [0.15, 0.2) is 12.1 Å². The first-order valence-corrected chi connectivity index (χ1v) is 5.87. The van der Waals surface area contributed by atoms with Crippen LogP contribution in [0.5, 0.6) is 0 Å². The number of carbonyl (C=O) groups is 1. The molecule has 0 saturated carbocycles. The summed E-state index contributed by atoms with van der Waals surface area (Å²) in [6.45, 7) is 0. The zero-order valence-corrected chi connectivity index (χ0v) is 10.5. The van der Waals surface area contributed by atoms with Gasteiger partial charge in [-0.2, -0.15) is 0 Å². The highest BCUT2D eigenvalue weighted by Gasteiger charge is 2.18. The quantitative estimate of drug-likeness (QED) is 0.810. The average molecular weight is 276 g/mol. The van der Waals surface area contributed by atoms with E-state index in [0.29, 0.717) is 26.0 Å². The minimum absolute atomic E-state index is 0.341. The van der Waals surface area contributed by atoms with Crippen LogP contribution in [0.4, 0.5) is 5.69 Å². The first kappa shape index (κ1) is 11.5. The van der Waals surface area contributed by atoms with Crippen molar-refractivity contribution < 1.29 is 9.53 Å². The lowest BCUT2D eigenvalue weighted by atomic mass is 10.2. The maximum atomic E-state index is 11.4. The fourth-order valence-corrected chi connectivity index (χ4v) is 3.24. The van der Waals surface area contributed by atoms with Crippen LogP contribution in [-0.4, -0.2) is 13.1 Å². The summed E-state index contributed by atoms with van der Waals surface area (Å²) in [6, 6.07) is 3.31. The summed E-state index contributed by atoms with van der Waals surface area (Å²) < 4.78 is 5.41. The molecule has 1 heterocycles. The van der Waals surface area contributed by atoms with Gasteiger partial charge in [0.2, 0.25) is 0 Å². The van der Waals surface area contributed by atoms with Crippen molar-refractivity contribution in [3.05, 3.63) is 27.1 Å². The Bertz CT molecular complexity index is 580. The van der Waals surface area contributed by atoms with E-state index in [1.54, 1.807) is 12.1 Å². The Morgan fingerprint density at radius 1 is 1.44 bits per heavy atom. The SMILES string of the molecule is COC(=O)c1sc2cc(Cl)cc(Cl)c2c1N. The second-order valence-electron chi connectivity index (χ2n) is 3.10. The van der Waals surface area contributed by atoms with Gasteiger partial charge in [-0.05, 0) is 12.1 Å². The lowest BCUT2D eigenvalue weighted by molar-refractivity contribution is 0.0607. The van der Waals surface area contributed by atoms with Crippen molar-refractivity contribution in [2.75, 3.05) is 12.8 Å². The largest absolute Gasteiger partial charge is 0.465 e. The van der Waals surface area contributed by atoms with E-state index in [-0.39, 0.29) is 0 Å². The van der Waals surface area contributed by atoms with Gasteiger partial charge in [0, 0.05) is 15.1 Å². The fraction of sp³-hybridized carbons (Fsp3) is 0.100. The lowest BCUT2D eigenvalue weighted by Gasteiger charge is -1.98. The van der Waals surface area contributed by atoms with E-state index in [2.05, 4.69) is 4.74 Å². The molecular formula is C10H7Cl2NO2S. The molecule has 0 fully saturated rings. The third-order valence-corrected chi connectivity index (χ3v) is 3.76. The van der Waals surface area contributed by atoms with Crippen LogP contribution in [0.2, 0.25) is 10.0 Å². The Morgan fingerprint density at radius 3 is 2.75 bits per heavy atom. The molecular weight excluding hydrogens is 269 g/mol. The van der Waals surface area contributed by atoms with Gasteiger partial charge in [0.05, 0.1) is 17.8 Å². The van der Waals surface area contributed by atoms with Gasteiger partial charge in [0.25, 0.3) is 0 Å². The number of rotatable bonds is 1. The van der Waals surface area contributed by atoms with E-state index in [0.717, 1.165) is 4.70 Å². The molecule has 2 aromatic rings. The lowest BCUT2D eigenvalue weighted by Crippen LogP contribution is -2.01. The van der Waals surface area contributed by atoms with Crippen molar-refractivity contribution in [2.24, 2.45) is 0 Å². The molecule has 6 heteroatoms. The number of carbonyl (C=O) groups excluding carboxylic acids is 1. The second kappa shape index (κ2) is 4.13. The van der Waals surface area contributed by atoms with E-state index in [1.165, 1.54) is 18.4 Å². The van der Waals surface area contributed by atoms with Gasteiger partial charge in [-0.1, -0.05) is 23.2 Å². The summed E-state index contributed by atoms with van der Waals surface area (Å²) in [5.41, 5.74) is 6.19. The molecule has 84 valence electrons. The van der Waals surface area contributed by atoms with Gasteiger partial charge < -0.3 is 10.5 Å². The average Bonchev–Trinajstić information content (AvgIpc) is 2.54. The van der Waals surface area contributed by atoms with Crippen LogP contribution >= 0.6 is 34.5 Å². The number of esters is 1. The zero-order chi connectivity index (χ0) is 11.9. The van der Waals surface area contributed by atoms with Crippen LogP contribution in [0, 0.1) is 0 Å². The Morgan fingerprint density at radius 2 is 2.12 bits per heavy atom. The van der Waals surface area contributed by atoms with Crippen LogP contribution in [0.3, 0.4) is 0 Å². The highest BCUT2D eigenvalue weighted by Crippen LogP contribution is 2.40. The number of hydrogen-bond donors (Lipinski definition) is 1. The van der Waals surface area contributed by atoms with Crippen LogP contribution in [0.25, 0.3) is 10.1 Å². The van der Waals surface area contributed by atoms with E-state index in [9.17, 15) is 4.79 Å². The summed E-state index contributed by atoms with van der Waals surface area (Å²) in [5.74, 6) is -0.467. The second-order valence-corrected chi connectivity index (χ2v) is 4.99. The van der Waals surface area contributed by atoms with Crippen molar-refractivity contribution >= 4 is 56.3 Å². The zero-order valence-electron chi connectivity index (χ0n) is 8.21. The van der Waals surface area contributed by atoms with Crippen molar-refractivity contribution in [1.82, 2.24) is 0 Å². The number of anilines is 1. The van der Waals surface area contributed by atoms with Crippen LogP contribution < -0.4 is 5.73 Å². The summed E-state index contributed by atoms with van der Waals surface area (Å²) in [6.07, 6.45) is 0. The summed E-state index contributed by atoms with van der Waals surface area (Å²) in [5, 5.41) is 1.60. The number of hydrogen-bond acceptors (Lipinski definition) is 4. The highest BCUT2D eigenvalue weighted by molar-refractivity contribution is 7.21. The molecule has 2 rings (SSSR count). The standard InChI is InChI=1S/C10H7Cl2NO2S/c1-15-10(14)9-8(13)7-5(12)2-4(11)3-6(7)16-9/h2-3H,13H2,1H3. The molecule has 0 radical (unpaired) electrons.